The summed E-state index contributed by atoms with van der Waals surface area (Å²) in [5, 5.41) is 2.65. The van der Waals surface area contributed by atoms with Crippen molar-refractivity contribution in [2.75, 3.05) is 12.0 Å². The monoisotopic (exact) mass is 502 g/mol. The van der Waals surface area contributed by atoms with Crippen molar-refractivity contribution in [1.29, 1.82) is 0 Å². The lowest BCUT2D eigenvalue weighted by Crippen LogP contribution is -2.54. The third kappa shape index (κ3) is 4.97. The third-order valence-corrected chi connectivity index (χ3v) is 5.49. The molecule has 8 heteroatoms. The van der Waals surface area contributed by atoms with E-state index in [4.69, 9.17) is 21.7 Å². The molecule has 3 rings (SSSR count). The number of carbonyl (C=O) groups excluding carboxylic acids is 2. The number of carbonyl (C=O) groups is 2. The lowest BCUT2D eigenvalue weighted by Gasteiger charge is -2.29. The van der Waals surface area contributed by atoms with Crippen molar-refractivity contribution < 1.29 is 19.1 Å². The Morgan fingerprint density at radius 1 is 1.19 bits per heavy atom. The maximum absolute atomic E-state index is 13.2. The predicted octanol–water partition coefficient (Wildman–Crippen LogP) is 4.64. The smallest absolute Gasteiger partial charge is 0.270 e. The standard InChI is InChI=1S/C23H23BrN2O4S/c1-5-14-6-8-16(9-7-14)26-22(28)17(21(27)25-23(26)31)10-15-11-18(24)20(30-13(2)3)19(12-15)29-4/h6-13H,5H2,1-4H3,(H,25,27,31)/b17-10+. The maximum Gasteiger partial charge on any atom is 0.270 e. The zero-order valence-electron chi connectivity index (χ0n) is 17.7. The average molecular weight is 503 g/mol. The van der Waals surface area contributed by atoms with Crippen LogP contribution in [0.4, 0.5) is 5.69 Å². The van der Waals surface area contributed by atoms with E-state index in [-0.39, 0.29) is 16.8 Å². The number of hydrogen-bond acceptors (Lipinski definition) is 5. The number of hydrogen-bond donors (Lipinski definition) is 1. The first-order chi connectivity index (χ1) is 14.7. The third-order valence-electron chi connectivity index (χ3n) is 4.62. The number of nitrogens with zero attached hydrogens (tertiary/aromatic N) is 1. The Bertz CT molecular complexity index is 1060. The Balaban J connectivity index is 2.00. The van der Waals surface area contributed by atoms with E-state index in [0.29, 0.717) is 27.2 Å². The van der Waals surface area contributed by atoms with E-state index in [9.17, 15) is 9.59 Å². The van der Waals surface area contributed by atoms with Crippen molar-refractivity contribution in [2.24, 2.45) is 0 Å². The van der Waals surface area contributed by atoms with Gasteiger partial charge in [-0.05, 0) is 89.9 Å². The number of aryl methyl sites for hydroxylation is 1. The van der Waals surface area contributed by atoms with Crippen LogP contribution in [0.5, 0.6) is 11.5 Å². The molecular formula is C23H23BrN2O4S. The Hall–Kier alpha value is -2.71. The fourth-order valence-corrected chi connectivity index (χ4v) is 3.95. The number of nitrogens with one attached hydrogen (secondary N) is 1. The van der Waals surface area contributed by atoms with Crippen LogP contribution in [-0.4, -0.2) is 30.1 Å². The summed E-state index contributed by atoms with van der Waals surface area (Å²) in [4.78, 5) is 27.1. The van der Waals surface area contributed by atoms with Gasteiger partial charge in [-0.1, -0.05) is 19.1 Å². The zero-order valence-corrected chi connectivity index (χ0v) is 20.1. The topological polar surface area (TPSA) is 67.9 Å². The second-order valence-electron chi connectivity index (χ2n) is 7.18. The van der Waals surface area contributed by atoms with Crippen molar-refractivity contribution in [1.82, 2.24) is 5.32 Å². The van der Waals surface area contributed by atoms with Gasteiger partial charge in [0.25, 0.3) is 11.8 Å². The van der Waals surface area contributed by atoms with Crippen LogP contribution in [0.25, 0.3) is 6.08 Å². The first-order valence-electron chi connectivity index (χ1n) is 9.79. The van der Waals surface area contributed by atoms with E-state index < -0.39 is 11.8 Å². The molecule has 0 spiro atoms. The van der Waals surface area contributed by atoms with Crippen LogP contribution in [0, 0.1) is 0 Å². The lowest BCUT2D eigenvalue weighted by molar-refractivity contribution is -0.122. The van der Waals surface area contributed by atoms with Gasteiger partial charge in [0.1, 0.15) is 5.57 Å². The van der Waals surface area contributed by atoms with E-state index in [1.165, 1.54) is 18.1 Å². The minimum absolute atomic E-state index is 0.0281. The molecule has 162 valence electrons. The van der Waals surface area contributed by atoms with E-state index in [2.05, 4.69) is 28.2 Å². The van der Waals surface area contributed by atoms with Crippen LogP contribution in [0.2, 0.25) is 0 Å². The number of thiocarbonyl (C=S) groups is 1. The van der Waals surface area contributed by atoms with Crippen LogP contribution in [-0.2, 0) is 16.0 Å². The van der Waals surface area contributed by atoms with Crippen molar-refractivity contribution >= 4 is 56.8 Å². The molecule has 0 radical (unpaired) electrons. The molecule has 6 nitrogen and oxygen atoms in total. The molecule has 0 bridgehead atoms. The Morgan fingerprint density at radius 2 is 1.87 bits per heavy atom. The molecular weight excluding hydrogens is 480 g/mol. The normalized spacial score (nSPS) is 15.5. The fraction of sp³-hybridized carbons (Fsp3) is 0.261. The lowest BCUT2D eigenvalue weighted by atomic mass is 10.1. The first-order valence-corrected chi connectivity index (χ1v) is 11.0. The highest BCUT2D eigenvalue weighted by molar-refractivity contribution is 9.10. The second kappa shape index (κ2) is 9.62. The van der Waals surface area contributed by atoms with Gasteiger partial charge in [0.05, 0.1) is 23.4 Å². The zero-order chi connectivity index (χ0) is 22.7. The molecule has 2 aromatic rings. The molecule has 0 aliphatic carbocycles. The molecule has 1 N–H and O–H groups in total. The molecule has 1 saturated heterocycles. The van der Waals surface area contributed by atoms with E-state index >= 15 is 0 Å². The molecule has 0 atom stereocenters. The van der Waals surface area contributed by atoms with Gasteiger partial charge >= 0.3 is 0 Å². The van der Waals surface area contributed by atoms with Gasteiger partial charge in [0, 0.05) is 0 Å². The summed E-state index contributed by atoms with van der Waals surface area (Å²) in [6.45, 7) is 5.88. The molecule has 0 aromatic heterocycles. The SMILES string of the molecule is CCc1ccc(N2C(=O)/C(=C/c3cc(Br)c(OC(C)C)c(OC)c3)C(=O)NC2=S)cc1. The molecule has 0 saturated carbocycles. The minimum Gasteiger partial charge on any atom is -0.493 e. The van der Waals surface area contributed by atoms with E-state index in [1.54, 1.807) is 12.1 Å². The number of halogens is 1. The predicted molar refractivity (Wildman–Crippen MR) is 128 cm³/mol. The highest BCUT2D eigenvalue weighted by Gasteiger charge is 2.34. The number of methoxy groups -OCH3 is 1. The Labute approximate surface area is 195 Å². The second-order valence-corrected chi connectivity index (χ2v) is 8.42. The van der Waals surface area contributed by atoms with E-state index in [0.717, 1.165) is 12.0 Å². The maximum atomic E-state index is 13.2. The van der Waals surface area contributed by atoms with Crippen molar-refractivity contribution in [3.05, 3.63) is 57.6 Å². The molecule has 2 amide bonds. The van der Waals surface area contributed by atoms with Crippen LogP contribution in [0.15, 0.2) is 46.4 Å². The van der Waals surface area contributed by atoms with Crippen LogP contribution < -0.4 is 19.7 Å². The number of ether oxygens (including phenoxy) is 2. The molecule has 1 aliphatic heterocycles. The van der Waals surface area contributed by atoms with Gasteiger partial charge in [-0.3, -0.25) is 19.8 Å². The van der Waals surface area contributed by atoms with Crippen molar-refractivity contribution in [3.63, 3.8) is 0 Å². The van der Waals surface area contributed by atoms with Crippen LogP contribution >= 0.6 is 28.1 Å². The molecule has 1 heterocycles. The molecule has 1 fully saturated rings. The Kier molecular flexibility index (Phi) is 7.12. The van der Waals surface area contributed by atoms with E-state index in [1.807, 2.05) is 38.1 Å². The summed E-state index contributed by atoms with van der Waals surface area (Å²) in [7, 11) is 1.53. The van der Waals surface area contributed by atoms with Crippen LogP contribution in [0.3, 0.4) is 0 Å². The summed E-state index contributed by atoms with van der Waals surface area (Å²) >= 11 is 8.74. The minimum atomic E-state index is -0.547. The summed E-state index contributed by atoms with van der Waals surface area (Å²) in [6.07, 6.45) is 2.35. The van der Waals surface area contributed by atoms with Gasteiger partial charge in [0.2, 0.25) is 0 Å². The summed E-state index contributed by atoms with van der Waals surface area (Å²) in [5.41, 5.74) is 2.31. The summed E-state index contributed by atoms with van der Waals surface area (Å²) < 4.78 is 11.9. The Morgan fingerprint density at radius 3 is 2.45 bits per heavy atom. The molecule has 2 aromatic carbocycles. The summed E-state index contributed by atoms with van der Waals surface area (Å²) in [6, 6.07) is 11.0. The molecule has 1 aliphatic rings. The molecule has 31 heavy (non-hydrogen) atoms. The summed E-state index contributed by atoms with van der Waals surface area (Å²) in [5.74, 6) is 0.00336. The first kappa shape index (κ1) is 23.0. The average Bonchev–Trinajstić information content (AvgIpc) is 2.72. The quantitative estimate of drug-likeness (QED) is 0.354. The highest BCUT2D eigenvalue weighted by atomic mass is 79.9. The molecule has 0 unspecified atom stereocenters. The number of anilines is 1. The number of rotatable bonds is 6. The van der Waals surface area contributed by atoms with Gasteiger partial charge < -0.3 is 9.47 Å². The van der Waals surface area contributed by atoms with Gasteiger partial charge in [-0.15, -0.1) is 0 Å². The number of amides is 2. The van der Waals surface area contributed by atoms with Gasteiger partial charge in [-0.25, -0.2) is 0 Å². The van der Waals surface area contributed by atoms with Gasteiger partial charge in [-0.2, -0.15) is 0 Å². The van der Waals surface area contributed by atoms with Crippen LogP contribution in [0.1, 0.15) is 31.9 Å². The fourth-order valence-electron chi connectivity index (χ4n) is 3.11. The highest BCUT2D eigenvalue weighted by Crippen LogP contribution is 2.38. The van der Waals surface area contributed by atoms with Crippen molar-refractivity contribution in [2.45, 2.75) is 33.3 Å². The van der Waals surface area contributed by atoms with Crippen molar-refractivity contribution in [3.8, 4) is 11.5 Å². The van der Waals surface area contributed by atoms with Gasteiger partial charge in [0.15, 0.2) is 16.6 Å². The largest absolute Gasteiger partial charge is 0.493 e. The number of benzene rings is 2.